The summed E-state index contributed by atoms with van der Waals surface area (Å²) >= 11 is 0. The molecule has 0 unspecified atom stereocenters. The zero-order valence-corrected chi connectivity index (χ0v) is 18.7. The minimum Gasteiger partial charge on any atom is -0.477 e. The third-order valence-electron chi connectivity index (χ3n) is 5.20. The number of carboxylic acid groups (broad SMARTS) is 1. The highest BCUT2D eigenvalue weighted by molar-refractivity contribution is 7.92. The summed E-state index contributed by atoms with van der Waals surface area (Å²) in [7, 11) is -2.53. The number of benzene rings is 3. The van der Waals surface area contributed by atoms with E-state index in [1.807, 2.05) is 6.07 Å². The molecule has 3 N–H and O–H groups in total. The maximum absolute atomic E-state index is 13.0. The molecule has 0 aliphatic carbocycles. The van der Waals surface area contributed by atoms with Crippen molar-refractivity contribution in [1.29, 1.82) is 0 Å². The molecule has 1 amide bonds. The number of aromatic carboxylic acids is 1. The van der Waals surface area contributed by atoms with Gasteiger partial charge in [0.2, 0.25) is 5.43 Å². The Morgan fingerprint density at radius 1 is 0.971 bits per heavy atom. The summed E-state index contributed by atoms with van der Waals surface area (Å²) in [5, 5.41) is 9.08. The number of carbonyl (C=O) groups excluding carboxylic acids is 1. The quantitative estimate of drug-likeness (QED) is 0.390. The van der Waals surface area contributed by atoms with Gasteiger partial charge in [0.15, 0.2) is 0 Å². The zero-order valence-electron chi connectivity index (χ0n) is 17.8. The van der Waals surface area contributed by atoms with Gasteiger partial charge in [-0.2, -0.15) is 0 Å². The molecule has 1 aromatic heterocycles. The Bertz CT molecular complexity index is 1580. The van der Waals surface area contributed by atoms with Crippen LogP contribution < -0.4 is 15.1 Å². The largest absolute Gasteiger partial charge is 0.477 e. The second-order valence-electron chi connectivity index (χ2n) is 7.43. The van der Waals surface area contributed by atoms with Crippen molar-refractivity contribution in [3.63, 3.8) is 0 Å². The predicted octanol–water partition coefficient (Wildman–Crippen LogP) is 3.30. The van der Waals surface area contributed by atoms with Crippen LogP contribution in [0, 0.1) is 0 Å². The minimum absolute atomic E-state index is 0.0730. The fourth-order valence-electron chi connectivity index (χ4n) is 3.42. The van der Waals surface area contributed by atoms with E-state index in [4.69, 9.17) is 5.11 Å². The van der Waals surface area contributed by atoms with E-state index in [0.29, 0.717) is 11.2 Å². The van der Waals surface area contributed by atoms with Gasteiger partial charge < -0.3 is 15.0 Å². The fourth-order valence-corrected chi connectivity index (χ4v) is 4.49. The number of hydrogen-bond donors (Lipinski definition) is 3. The molecule has 0 aliphatic heterocycles. The number of nitrogens with one attached hydrogen (secondary N) is 2. The topological polar surface area (TPSA) is 137 Å². The van der Waals surface area contributed by atoms with Gasteiger partial charge in [-0.1, -0.05) is 24.3 Å². The first-order chi connectivity index (χ1) is 16.2. The lowest BCUT2D eigenvalue weighted by molar-refractivity contribution is 0.0695. The van der Waals surface area contributed by atoms with Crippen molar-refractivity contribution in [1.82, 2.24) is 4.98 Å². The number of nitrogens with zero attached hydrogens (tertiary/aromatic N) is 1. The van der Waals surface area contributed by atoms with Crippen LogP contribution >= 0.6 is 0 Å². The minimum atomic E-state index is -4.14. The van der Waals surface area contributed by atoms with Gasteiger partial charge in [-0.15, -0.1) is 0 Å². The maximum Gasteiger partial charge on any atom is 0.341 e. The number of H-pyrrole nitrogens is 1. The van der Waals surface area contributed by atoms with E-state index in [9.17, 15) is 22.8 Å². The highest BCUT2D eigenvalue weighted by Crippen LogP contribution is 2.22. The number of anilines is 2. The summed E-state index contributed by atoms with van der Waals surface area (Å²) in [5.74, 6) is -1.75. The van der Waals surface area contributed by atoms with E-state index < -0.39 is 27.0 Å². The molecule has 0 radical (unpaired) electrons. The molecule has 1 heterocycles. The van der Waals surface area contributed by atoms with Crippen LogP contribution in [0.5, 0.6) is 0 Å². The molecular formula is C24H19N3O6S. The molecule has 0 fully saturated rings. The zero-order chi connectivity index (χ0) is 24.5. The van der Waals surface area contributed by atoms with Crippen molar-refractivity contribution < 1.29 is 23.1 Å². The molecule has 4 rings (SSSR count). The molecule has 0 spiro atoms. The summed E-state index contributed by atoms with van der Waals surface area (Å²) < 4.78 is 28.4. The number of para-hydroxylation sites is 1. The molecule has 0 atom stereocenters. The van der Waals surface area contributed by atoms with Gasteiger partial charge >= 0.3 is 5.97 Å². The second-order valence-corrected chi connectivity index (χ2v) is 9.11. The Balaban J connectivity index is 1.64. The molecule has 0 aliphatic rings. The molecule has 10 heteroatoms. The van der Waals surface area contributed by atoms with Crippen molar-refractivity contribution in [2.24, 2.45) is 0 Å². The first-order valence-electron chi connectivity index (χ1n) is 10.0. The molecule has 3 aromatic carbocycles. The number of sulfonamides is 1. The Morgan fingerprint density at radius 3 is 2.41 bits per heavy atom. The number of aromatic nitrogens is 1. The van der Waals surface area contributed by atoms with Gasteiger partial charge in [0.1, 0.15) is 5.56 Å². The van der Waals surface area contributed by atoms with Crippen molar-refractivity contribution in [3.05, 3.63) is 100 Å². The van der Waals surface area contributed by atoms with Crippen LogP contribution in [0.15, 0.2) is 88.7 Å². The summed E-state index contributed by atoms with van der Waals surface area (Å²) in [6.07, 6.45) is 1.06. The van der Waals surface area contributed by atoms with Crippen LogP contribution in [-0.4, -0.2) is 37.4 Å². The molecule has 9 nitrogen and oxygen atoms in total. The molecule has 0 bridgehead atoms. The number of hydrogen-bond acceptors (Lipinski definition) is 5. The lowest BCUT2D eigenvalue weighted by atomic mass is 10.1. The molecule has 34 heavy (non-hydrogen) atoms. The number of pyridine rings is 1. The average Bonchev–Trinajstić information content (AvgIpc) is 2.83. The maximum atomic E-state index is 13.0. The molecule has 0 saturated heterocycles. The van der Waals surface area contributed by atoms with Gasteiger partial charge in [0, 0.05) is 41.1 Å². The van der Waals surface area contributed by atoms with Crippen molar-refractivity contribution >= 4 is 44.2 Å². The number of rotatable bonds is 6. The van der Waals surface area contributed by atoms with Gasteiger partial charge in [0.05, 0.1) is 4.90 Å². The van der Waals surface area contributed by atoms with Crippen molar-refractivity contribution in [3.8, 4) is 0 Å². The van der Waals surface area contributed by atoms with E-state index in [1.165, 1.54) is 29.2 Å². The van der Waals surface area contributed by atoms with E-state index in [1.54, 1.807) is 43.4 Å². The highest BCUT2D eigenvalue weighted by Gasteiger charge is 2.19. The third-order valence-corrected chi connectivity index (χ3v) is 6.58. The normalized spacial score (nSPS) is 11.2. The van der Waals surface area contributed by atoms with Crippen LogP contribution in [0.4, 0.5) is 11.4 Å². The molecule has 172 valence electrons. The summed E-state index contributed by atoms with van der Waals surface area (Å²) in [4.78, 5) is 40.4. The molecular weight excluding hydrogens is 458 g/mol. The average molecular weight is 477 g/mol. The van der Waals surface area contributed by atoms with Crippen molar-refractivity contribution in [2.45, 2.75) is 4.90 Å². The Labute approximate surface area is 194 Å². The number of carboxylic acids is 1. The van der Waals surface area contributed by atoms with Gasteiger partial charge in [0.25, 0.3) is 15.9 Å². The van der Waals surface area contributed by atoms with Crippen LogP contribution in [0.25, 0.3) is 10.9 Å². The highest BCUT2D eigenvalue weighted by atomic mass is 32.2. The van der Waals surface area contributed by atoms with E-state index in [2.05, 4.69) is 9.71 Å². The van der Waals surface area contributed by atoms with Crippen LogP contribution in [0.3, 0.4) is 0 Å². The lowest BCUT2D eigenvalue weighted by Crippen LogP contribution is -2.26. The standard InChI is InChI=1S/C24H19N3O6S/c1-27(17-8-3-2-4-9-17)23(29)15-6-5-7-16(12-15)26-34(32,33)18-10-11-21-19(13-18)22(28)20(14-25-21)24(30)31/h2-14,26H,1H3,(H,25,28)(H,30,31). The summed E-state index contributed by atoms with van der Waals surface area (Å²) in [6, 6.07) is 18.8. The van der Waals surface area contributed by atoms with Crippen LogP contribution in [0.2, 0.25) is 0 Å². The number of fused-ring (bicyclic) bond motifs is 1. The number of amides is 1. The summed E-state index contributed by atoms with van der Waals surface area (Å²) in [5.41, 5.74) is 0.109. The second kappa shape index (κ2) is 8.83. The monoisotopic (exact) mass is 477 g/mol. The van der Waals surface area contributed by atoms with E-state index >= 15 is 0 Å². The summed E-state index contributed by atoms with van der Waals surface area (Å²) in [6.45, 7) is 0. The Morgan fingerprint density at radius 2 is 1.71 bits per heavy atom. The van der Waals surface area contributed by atoms with Gasteiger partial charge in [-0.05, 0) is 48.5 Å². The SMILES string of the molecule is CN(C(=O)c1cccc(NS(=O)(=O)c2ccc3[nH]cc(C(=O)O)c(=O)c3c2)c1)c1ccccc1. The number of aromatic amines is 1. The van der Waals surface area contributed by atoms with Gasteiger partial charge in [-0.25, -0.2) is 13.2 Å². The van der Waals surface area contributed by atoms with E-state index in [-0.39, 0.29) is 27.4 Å². The van der Waals surface area contributed by atoms with Crippen LogP contribution in [-0.2, 0) is 10.0 Å². The van der Waals surface area contributed by atoms with Gasteiger partial charge in [-0.3, -0.25) is 14.3 Å². The van der Waals surface area contributed by atoms with E-state index in [0.717, 1.165) is 12.3 Å². The first kappa shape index (κ1) is 22.7. The smallest absolute Gasteiger partial charge is 0.341 e. The Hall–Kier alpha value is -4.44. The molecule has 0 saturated carbocycles. The number of carbonyl (C=O) groups is 2. The first-order valence-corrected chi connectivity index (χ1v) is 11.5. The molecule has 4 aromatic rings. The third kappa shape index (κ3) is 4.39. The van der Waals surface area contributed by atoms with Crippen LogP contribution in [0.1, 0.15) is 20.7 Å². The van der Waals surface area contributed by atoms with Crippen molar-refractivity contribution in [2.75, 3.05) is 16.7 Å². The fraction of sp³-hybridized carbons (Fsp3) is 0.0417. The Kier molecular flexibility index (Phi) is 5.91. The lowest BCUT2D eigenvalue weighted by Gasteiger charge is -2.18. The predicted molar refractivity (Wildman–Crippen MR) is 128 cm³/mol.